The first-order chi connectivity index (χ1) is 12.7. The molecule has 0 spiro atoms. The lowest BCUT2D eigenvalue weighted by atomic mass is 10.1. The molecule has 1 aliphatic rings. The van der Waals surface area contributed by atoms with Crippen LogP contribution in [0, 0.1) is 0 Å². The summed E-state index contributed by atoms with van der Waals surface area (Å²) in [7, 11) is 0. The van der Waals surface area contributed by atoms with Crippen molar-refractivity contribution >= 4 is 28.5 Å². The molecule has 0 radical (unpaired) electrons. The fraction of sp³-hybridized carbons (Fsp3) is 0.263. The summed E-state index contributed by atoms with van der Waals surface area (Å²) < 4.78 is 11.0. The van der Waals surface area contributed by atoms with E-state index in [1.807, 2.05) is 24.3 Å². The maximum atomic E-state index is 12.3. The van der Waals surface area contributed by atoms with Crippen LogP contribution in [-0.2, 0) is 6.42 Å². The van der Waals surface area contributed by atoms with Crippen molar-refractivity contribution in [2.75, 3.05) is 19.8 Å². The Kier molecular flexibility index (Phi) is 4.67. The fourth-order valence-corrected chi connectivity index (χ4v) is 3.19. The van der Waals surface area contributed by atoms with Crippen molar-refractivity contribution < 1.29 is 14.3 Å². The Morgan fingerprint density at radius 2 is 2.08 bits per heavy atom. The monoisotopic (exact) mass is 371 g/mol. The first-order valence-electron chi connectivity index (χ1n) is 8.52. The molecule has 2 N–H and O–H groups in total. The number of fused-ring (bicyclic) bond motifs is 2. The van der Waals surface area contributed by atoms with Gasteiger partial charge >= 0.3 is 0 Å². The molecule has 4 rings (SSSR count). The number of nitrogens with zero attached hydrogens (tertiary/aromatic N) is 1. The molecule has 7 heteroatoms. The standard InChI is InChI=1S/C19H18ClN3O3/c20-13-10-12(11-16-18(13)26-9-8-25-16)19(24)21-7-3-6-17-22-14-4-1-2-5-15(14)23-17/h1-2,4-5,10-11H,3,6-9H2,(H,21,24)(H,22,23). The van der Waals surface area contributed by atoms with Crippen LogP contribution in [0.15, 0.2) is 36.4 Å². The zero-order valence-electron chi connectivity index (χ0n) is 14.0. The summed E-state index contributed by atoms with van der Waals surface area (Å²) in [5.74, 6) is 1.74. The molecule has 134 valence electrons. The zero-order chi connectivity index (χ0) is 17.9. The van der Waals surface area contributed by atoms with Crippen LogP contribution >= 0.6 is 11.6 Å². The van der Waals surface area contributed by atoms with Crippen molar-refractivity contribution in [1.82, 2.24) is 15.3 Å². The van der Waals surface area contributed by atoms with E-state index in [-0.39, 0.29) is 5.91 Å². The van der Waals surface area contributed by atoms with E-state index in [1.165, 1.54) is 0 Å². The van der Waals surface area contributed by atoms with Gasteiger partial charge in [-0.3, -0.25) is 4.79 Å². The lowest BCUT2D eigenvalue weighted by molar-refractivity contribution is 0.0952. The molecule has 0 fully saturated rings. The van der Waals surface area contributed by atoms with Crippen LogP contribution < -0.4 is 14.8 Å². The number of aryl methyl sites for hydroxylation is 1. The summed E-state index contributed by atoms with van der Waals surface area (Å²) in [6, 6.07) is 11.2. The van der Waals surface area contributed by atoms with Crippen molar-refractivity contribution in [2.45, 2.75) is 12.8 Å². The van der Waals surface area contributed by atoms with Gasteiger partial charge < -0.3 is 19.8 Å². The van der Waals surface area contributed by atoms with Gasteiger partial charge in [0.25, 0.3) is 5.91 Å². The van der Waals surface area contributed by atoms with Crippen molar-refractivity contribution in [2.24, 2.45) is 0 Å². The third kappa shape index (κ3) is 3.46. The van der Waals surface area contributed by atoms with E-state index >= 15 is 0 Å². The summed E-state index contributed by atoms with van der Waals surface area (Å²) in [5.41, 5.74) is 2.44. The second-order valence-corrected chi connectivity index (χ2v) is 6.45. The van der Waals surface area contributed by atoms with E-state index in [4.69, 9.17) is 21.1 Å². The Morgan fingerprint density at radius 3 is 2.96 bits per heavy atom. The molecular formula is C19H18ClN3O3. The van der Waals surface area contributed by atoms with Gasteiger partial charge in [0.15, 0.2) is 11.5 Å². The number of aromatic nitrogens is 2. The van der Waals surface area contributed by atoms with Gasteiger partial charge in [-0.15, -0.1) is 0 Å². The van der Waals surface area contributed by atoms with Crippen LogP contribution in [0.25, 0.3) is 11.0 Å². The number of benzene rings is 2. The predicted molar refractivity (Wildman–Crippen MR) is 99.2 cm³/mol. The first-order valence-corrected chi connectivity index (χ1v) is 8.89. The minimum Gasteiger partial charge on any atom is -0.486 e. The van der Waals surface area contributed by atoms with Gasteiger partial charge in [0.1, 0.15) is 19.0 Å². The number of amides is 1. The van der Waals surface area contributed by atoms with Gasteiger partial charge in [0.2, 0.25) is 0 Å². The number of para-hydroxylation sites is 2. The van der Waals surface area contributed by atoms with Crippen LogP contribution in [0.5, 0.6) is 11.5 Å². The topological polar surface area (TPSA) is 76.2 Å². The lowest BCUT2D eigenvalue weighted by Crippen LogP contribution is -2.25. The molecule has 3 aromatic rings. The largest absolute Gasteiger partial charge is 0.486 e. The summed E-state index contributed by atoms with van der Waals surface area (Å²) >= 11 is 6.17. The molecule has 0 atom stereocenters. The van der Waals surface area contributed by atoms with E-state index in [9.17, 15) is 4.79 Å². The highest BCUT2D eigenvalue weighted by atomic mass is 35.5. The van der Waals surface area contributed by atoms with Gasteiger partial charge in [-0.1, -0.05) is 23.7 Å². The third-order valence-corrected chi connectivity index (χ3v) is 4.45. The van der Waals surface area contributed by atoms with Gasteiger partial charge in [-0.25, -0.2) is 4.98 Å². The molecule has 1 aliphatic heterocycles. The summed E-state index contributed by atoms with van der Waals surface area (Å²) in [6.07, 6.45) is 1.54. The number of imidazole rings is 1. The first kappa shape index (κ1) is 16.7. The number of carbonyl (C=O) groups excluding carboxylic acids is 1. The van der Waals surface area contributed by atoms with Crippen LogP contribution in [-0.4, -0.2) is 35.6 Å². The Morgan fingerprint density at radius 1 is 1.23 bits per heavy atom. The molecule has 1 aromatic heterocycles. The quantitative estimate of drug-likeness (QED) is 0.674. The van der Waals surface area contributed by atoms with E-state index in [2.05, 4.69) is 15.3 Å². The third-order valence-electron chi connectivity index (χ3n) is 4.17. The molecule has 6 nitrogen and oxygen atoms in total. The van der Waals surface area contributed by atoms with E-state index in [0.29, 0.717) is 41.8 Å². The summed E-state index contributed by atoms with van der Waals surface area (Å²) in [4.78, 5) is 20.2. The summed E-state index contributed by atoms with van der Waals surface area (Å²) in [5, 5.41) is 3.29. The molecule has 1 amide bonds. The average Bonchev–Trinajstić information content (AvgIpc) is 3.08. The van der Waals surface area contributed by atoms with Crippen LogP contribution in [0.4, 0.5) is 0 Å². The van der Waals surface area contributed by atoms with Crippen LogP contribution in [0.2, 0.25) is 5.02 Å². The number of H-pyrrole nitrogens is 1. The zero-order valence-corrected chi connectivity index (χ0v) is 14.8. The van der Waals surface area contributed by atoms with Crippen molar-refractivity contribution in [3.8, 4) is 11.5 Å². The minimum absolute atomic E-state index is 0.187. The van der Waals surface area contributed by atoms with Crippen molar-refractivity contribution in [3.63, 3.8) is 0 Å². The van der Waals surface area contributed by atoms with E-state index in [1.54, 1.807) is 12.1 Å². The summed E-state index contributed by atoms with van der Waals surface area (Å²) in [6.45, 7) is 1.45. The molecule has 26 heavy (non-hydrogen) atoms. The number of rotatable bonds is 5. The number of hydrogen-bond acceptors (Lipinski definition) is 4. The molecule has 0 bridgehead atoms. The number of nitrogens with one attached hydrogen (secondary N) is 2. The Hall–Kier alpha value is -2.73. The van der Waals surface area contributed by atoms with Crippen LogP contribution in [0.1, 0.15) is 22.6 Å². The normalized spacial score (nSPS) is 13.0. The SMILES string of the molecule is O=C(NCCCc1nc2ccccc2[nH]1)c1cc(Cl)c2c(c1)OCCO2. The van der Waals surface area contributed by atoms with Crippen molar-refractivity contribution in [3.05, 3.63) is 52.8 Å². The smallest absolute Gasteiger partial charge is 0.251 e. The maximum Gasteiger partial charge on any atom is 0.251 e. The number of carbonyl (C=O) groups is 1. The molecule has 2 aromatic carbocycles. The van der Waals surface area contributed by atoms with Crippen LogP contribution in [0.3, 0.4) is 0 Å². The lowest BCUT2D eigenvalue weighted by Gasteiger charge is -2.20. The maximum absolute atomic E-state index is 12.3. The molecular weight excluding hydrogens is 354 g/mol. The molecule has 2 heterocycles. The fourth-order valence-electron chi connectivity index (χ4n) is 2.93. The molecule has 0 saturated carbocycles. The van der Waals surface area contributed by atoms with Gasteiger partial charge in [-0.05, 0) is 30.7 Å². The number of ether oxygens (including phenoxy) is 2. The minimum atomic E-state index is -0.187. The van der Waals surface area contributed by atoms with Gasteiger partial charge in [-0.2, -0.15) is 0 Å². The molecule has 0 saturated heterocycles. The Balaban J connectivity index is 1.33. The van der Waals surface area contributed by atoms with E-state index < -0.39 is 0 Å². The van der Waals surface area contributed by atoms with Crippen molar-refractivity contribution in [1.29, 1.82) is 0 Å². The number of halogens is 1. The highest BCUT2D eigenvalue weighted by molar-refractivity contribution is 6.32. The average molecular weight is 372 g/mol. The van der Waals surface area contributed by atoms with Gasteiger partial charge in [0, 0.05) is 18.5 Å². The Labute approximate surface area is 155 Å². The predicted octanol–water partition coefficient (Wildman–Crippen LogP) is 3.35. The number of aromatic amines is 1. The molecule has 0 aliphatic carbocycles. The highest BCUT2D eigenvalue weighted by Crippen LogP contribution is 2.38. The molecule has 0 unspecified atom stereocenters. The number of hydrogen-bond donors (Lipinski definition) is 2. The Bertz CT molecular complexity index is 921. The second-order valence-electron chi connectivity index (χ2n) is 6.04. The van der Waals surface area contributed by atoms with Gasteiger partial charge in [0.05, 0.1) is 16.1 Å². The highest BCUT2D eigenvalue weighted by Gasteiger charge is 2.19. The second kappa shape index (κ2) is 7.25. The van der Waals surface area contributed by atoms with E-state index in [0.717, 1.165) is 29.7 Å².